The van der Waals surface area contributed by atoms with Crippen molar-refractivity contribution in [2.24, 2.45) is 0 Å². The summed E-state index contributed by atoms with van der Waals surface area (Å²) in [6, 6.07) is 2.13. The second-order valence-electron chi connectivity index (χ2n) is 4.76. The highest BCUT2D eigenvalue weighted by atomic mass is 32.1. The summed E-state index contributed by atoms with van der Waals surface area (Å²) in [5.41, 5.74) is 1.33. The van der Waals surface area contributed by atoms with Crippen LogP contribution < -0.4 is 10.6 Å². The Hall–Kier alpha value is -1.36. The first kappa shape index (κ1) is 13.1. The Balaban J connectivity index is 2.04. The summed E-state index contributed by atoms with van der Waals surface area (Å²) in [5.74, 6) is -1.12. The van der Waals surface area contributed by atoms with E-state index in [0.29, 0.717) is 6.54 Å². The van der Waals surface area contributed by atoms with Gasteiger partial charge in [0.2, 0.25) is 0 Å². The first-order valence-corrected chi connectivity index (χ1v) is 7.15. The first-order chi connectivity index (χ1) is 8.68. The van der Waals surface area contributed by atoms with E-state index in [1.54, 1.807) is 11.3 Å². The SMILES string of the molecule is CNC(=O)C(=O)NCC1(c2ccsc2)CCCC1. The summed E-state index contributed by atoms with van der Waals surface area (Å²) in [7, 11) is 1.46. The molecule has 1 aliphatic carbocycles. The van der Waals surface area contributed by atoms with Crippen molar-refractivity contribution < 1.29 is 9.59 Å². The molecule has 1 aliphatic rings. The van der Waals surface area contributed by atoms with Crippen LogP contribution in [0.5, 0.6) is 0 Å². The van der Waals surface area contributed by atoms with Gasteiger partial charge in [-0.3, -0.25) is 9.59 Å². The van der Waals surface area contributed by atoms with Gasteiger partial charge in [0.25, 0.3) is 0 Å². The molecule has 0 aliphatic heterocycles. The molecule has 2 rings (SSSR count). The molecule has 1 fully saturated rings. The lowest BCUT2D eigenvalue weighted by molar-refractivity contribution is -0.139. The third kappa shape index (κ3) is 2.56. The maximum absolute atomic E-state index is 11.5. The molecule has 18 heavy (non-hydrogen) atoms. The van der Waals surface area contributed by atoms with Crippen LogP contribution >= 0.6 is 11.3 Å². The Morgan fingerprint density at radius 2 is 2.06 bits per heavy atom. The molecule has 0 aromatic carbocycles. The smallest absolute Gasteiger partial charge is 0.309 e. The molecule has 1 saturated carbocycles. The molecule has 0 radical (unpaired) electrons. The monoisotopic (exact) mass is 266 g/mol. The zero-order valence-corrected chi connectivity index (χ0v) is 11.3. The van der Waals surface area contributed by atoms with E-state index in [9.17, 15) is 9.59 Å². The average Bonchev–Trinajstić information content (AvgIpc) is 3.05. The van der Waals surface area contributed by atoms with Gasteiger partial charge in [-0.2, -0.15) is 11.3 Å². The number of carbonyl (C=O) groups is 2. The van der Waals surface area contributed by atoms with E-state index < -0.39 is 11.8 Å². The van der Waals surface area contributed by atoms with E-state index in [2.05, 4.69) is 27.5 Å². The Morgan fingerprint density at radius 3 is 2.61 bits per heavy atom. The fourth-order valence-corrected chi connectivity index (χ4v) is 3.41. The topological polar surface area (TPSA) is 58.2 Å². The van der Waals surface area contributed by atoms with Crippen molar-refractivity contribution in [3.05, 3.63) is 22.4 Å². The quantitative estimate of drug-likeness (QED) is 0.813. The van der Waals surface area contributed by atoms with Crippen molar-refractivity contribution in [3.8, 4) is 0 Å². The zero-order chi connectivity index (χ0) is 13.0. The highest BCUT2D eigenvalue weighted by molar-refractivity contribution is 7.08. The molecule has 0 saturated heterocycles. The van der Waals surface area contributed by atoms with Crippen LogP contribution in [0.4, 0.5) is 0 Å². The predicted octanol–water partition coefficient (Wildman–Crippen LogP) is 1.42. The summed E-state index contributed by atoms with van der Waals surface area (Å²) in [6.07, 6.45) is 4.53. The van der Waals surface area contributed by atoms with Crippen LogP contribution in [0, 0.1) is 0 Å². The third-order valence-corrected chi connectivity index (χ3v) is 4.40. The molecule has 2 amide bonds. The van der Waals surface area contributed by atoms with Gasteiger partial charge < -0.3 is 10.6 Å². The number of likely N-dealkylation sites (N-methyl/N-ethyl adjacent to an activating group) is 1. The van der Waals surface area contributed by atoms with Crippen LogP contribution in [0.15, 0.2) is 16.8 Å². The number of thiophene rings is 1. The predicted molar refractivity (Wildman–Crippen MR) is 71.5 cm³/mol. The average molecular weight is 266 g/mol. The third-order valence-electron chi connectivity index (χ3n) is 3.71. The molecule has 0 bridgehead atoms. The van der Waals surface area contributed by atoms with Crippen LogP contribution in [0.1, 0.15) is 31.2 Å². The Bertz CT molecular complexity index is 422. The van der Waals surface area contributed by atoms with Gasteiger partial charge in [0.1, 0.15) is 0 Å². The number of amides is 2. The lowest BCUT2D eigenvalue weighted by Gasteiger charge is -2.28. The summed E-state index contributed by atoms with van der Waals surface area (Å²) in [4.78, 5) is 22.7. The van der Waals surface area contributed by atoms with Crippen molar-refractivity contribution in [1.29, 1.82) is 0 Å². The minimum atomic E-state index is -0.575. The minimum Gasteiger partial charge on any atom is -0.351 e. The van der Waals surface area contributed by atoms with Gasteiger partial charge in [0, 0.05) is 19.0 Å². The summed E-state index contributed by atoms with van der Waals surface area (Å²) < 4.78 is 0. The summed E-state index contributed by atoms with van der Waals surface area (Å²) >= 11 is 1.68. The van der Waals surface area contributed by atoms with Gasteiger partial charge in [-0.05, 0) is 35.2 Å². The molecular weight excluding hydrogens is 248 g/mol. The van der Waals surface area contributed by atoms with E-state index in [4.69, 9.17) is 0 Å². The van der Waals surface area contributed by atoms with Crippen LogP contribution in [-0.2, 0) is 15.0 Å². The lowest BCUT2D eigenvalue weighted by Crippen LogP contribution is -2.44. The van der Waals surface area contributed by atoms with Gasteiger partial charge in [0.05, 0.1) is 0 Å². The van der Waals surface area contributed by atoms with Crippen molar-refractivity contribution in [3.63, 3.8) is 0 Å². The molecule has 0 atom stereocenters. The van der Waals surface area contributed by atoms with Crippen LogP contribution in [0.3, 0.4) is 0 Å². The maximum Gasteiger partial charge on any atom is 0.309 e. The fourth-order valence-electron chi connectivity index (χ4n) is 2.63. The molecule has 0 unspecified atom stereocenters. The van der Waals surface area contributed by atoms with Gasteiger partial charge in [0.15, 0.2) is 0 Å². The van der Waals surface area contributed by atoms with E-state index in [1.165, 1.54) is 25.5 Å². The highest BCUT2D eigenvalue weighted by Crippen LogP contribution is 2.41. The molecule has 1 aromatic rings. The Kier molecular flexibility index (Phi) is 4.01. The molecule has 5 heteroatoms. The van der Waals surface area contributed by atoms with Crippen molar-refractivity contribution >= 4 is 23.2 Å². The van der Waals surface area contributed by atoms with Gasteiger partial charge >= 0.3 is 11.8 Å². The standard InChI is InChI=1S/C13H18N2O2S/c1-14-11(16)12(17)15-9-13(5-2-3-6-13)10-4-7-18-8-10/h4,7-8H,2-3,5-6,9H2,1H3,(H,14,16)(H,15,17). The number of hydrogen-bond donors (Lipinski definition) is 2. The molecule has 4 nitrogen and oxygen atoms in total. The largest absolute Gasteiger partial charge is 0.351 e. The number of carbonyl (C=O) groups excluding carboxylic acids is 2. The van der Waals surface area contributed by atoms with Crippen molar-refractivity contribution in [2.45, 2.75) is 31.1 Å². The molecule has 1 aromatic heterocycles. The fraction of sp³-hybridized carbons (Fsp3) is 0.538. The van der Waals surface area contributed by atoms with Crippen LogP contribution in [0.2, 0.25) is 0 Å². The van der Waals surface area contributed by atoms with Crippen LogP contribution in [-0.4, -0.2) is 25.4 Å². The van der Waals surface area contributed by atoms with Crippen molar-refractivity contribution in [2.75, 3.05) is 13.6 Å². The lowest BCUT2D eigenvalue weighted by atomic mass is 9.80. The normalized spacial score (nSPS) is 17.4. The molecular formula is C13H18N2O2S. The molecule has 2 N–H and O–H groups in total. The van der Waals surface area contributed by atoms with Gasteiger partial charge in [-0.1, -0.05) is 12.8 Å². The first-order valence-electron chi connectivity index (χ1n) is 6.20. The van der Waals surface area contributed by atoms with Crippen molar-refractivity contribution in [1.82, 2.24) is 10.6 Å². The van der Waals surface area contributed by atoms with E-state index in [1.807, 2.05) is 0 Å². The molecule has 98 valence electrons. The van der Waals surface area contributed by atoms with E-state index in [-0.39, 0.29) is 5.41 Å². The van der Waals surface area contributed by atoms with Crippen LogP contribution in [0.25, 0.3) is 0 Å². The van der Waals surface area contributed by atoms with E-state index >= 15 is 0 Å². The van der Waals surface area contributed by atoms with Gasteiger partial charge in [-0.25, -0.2) is 0 Å². The van der Waals surface area contributed by atoms with E-state index in [0.717, 1.165) is 12.8 Å². The Labute approximate surface area is 111 Å². The highest BCUT2D eigenvalue weighted by Gasteiger charge is 2.36. The minimum absolute atomic E-state index is 0.0314. The molecule has 1 heterocycles. The zero-order valence-electron chi connectivity index (χ0n) is 10.5. The number of hydrogen-bond acceptors (Lipinski definition) is 3. The number of nitrogens with one attached hydrogen (secondary N) is 2. The second kappa shape index (κ2) is 5.52. The number of rotatable bonds is 3. The summed E-state index contributed by atoms with van der Waals surface area (Å²) in [6.45, 7) is 0.552. The Morgan fingerprint density at radius 1 is 1.33 bits per heavy atom. The maximum atomic E-state index is 11.5. The second-order valence-corrected chi connectivity index (χ2v) is 5.54. The molecule has 0 spiro atoms. The van der Waals surface area contributed by atoms with Gasteiger partial charge in [-0.15, -0.1) is 0 Å². The summed E-state index contributed by atoms with van der Waals surface area (Å²) in [5, 5.41) is 9.31.